The van der Waals surface area contributed by atoms with Crippen molar-refractivity contribution in [1.82, 2.24) is 0 Å². The molecule has 1 heterocycles. The summed E-state index contributed by atoms with van der Waals surface area (Å²) in [6.45, 7) is 2.91. The maximum absolute atomic E-state index is 10.5. The minimum absolute atomic E-state index is 0.0820. The van der Waals surface area contributed by atoms with Gasteiger partial charge >= 0.3 is 8.03 Å². The minimum Gasteiger partial charge on any atom is -0.378 e. The van der Waals surface area contributed by atoms with E-state index in [2.05, 4.69) is 0 Å². The molecular weight excluding hydrogens is 139 g/mol. The first kappa shape index (κ1) is 7.13. The molecule has 1 fully saturated rings. The van der Waals surface area contributed by atoms with Crippen molar-refractivity contribution in [2.75, 3.05) is 19.9 Å². The zero-order chi connectivity index (χ0) is 6.69. The number of hydrogen-bond donors (Lipinski definition) is 0. The normalized spacial score (nSPS) is 28.6. The largest absolute Gasteiger partial charge is 0.505 e. The van der Waals surface area contributed by atoms with Crippen molar-refractivity contribution >= 4 is 8.03 Å². The monoisotopic (exact) mass is 149 g/mol. The maximum Gasteiger partial charge on any atom is 0.505 e. The van der Waals surface area contributed by atoms with Gasteiger partial charge in [-0.1, -0.05) is 0 Å². The highest BCUT2D eigenvalue weighted by Crippen LogP contribution is 2.22. The van der Waals surface area contributed by atoms with Crippen LogP contribution in [-0.4, -0.2) is 26.0 Å². The average molecular weight is 149 g/mol. The molecule has 1 saturated heterocycles. The molecular formula is C5H10O3P+. The van der Waals surface area contributed by atoms with Gasteiger partial charge in [-0.25, -0.2) is 0 Å². The summed E-state index contributed by atoms with van der Waals surface area (Å²) in [5.74, 6) is 0. The quantitative estimate of drug-likeness (QED) is 0.552. The van der Waals surface area contributed by atoms with Crippen molar-refractivity contribution in [2.24, 2.45) is 0 Å². The van der Waals surface area contributed by atoms with E-state index in [4.69, 9.17) is 9.26 Å². The van der Waals surface area contributed by atoms with Gasteiger partial charge < -0.3 is 4.74 Å². The Morgan fingerprint density at radius 2 is 2.56 bits per heavy atom. The van der Waals surface area contributed by atoms with Crippen LogP contribution in [0.3, 0.4) is 0 Å². The summed E-state index contributed by atoms with van der Waals surface area (Å²) in [7, 11) is -1.44. The first-order valence-corrected chi connectivity index (χ1v) is 4.57. The standard InChI is InChI=1S/C5H10O3P/c1-9(6)8-5-2-3-7-4-5/h5H,2-4H2,1H3/q+1/t5-/m0/s1. The molecule has 0 spiro atoms. The van der Waals surface area contributed by atoms with Crippen molar-refractivity contribution in [3.05, 3.63) is 0 Å². The van der Waals surface area contributed by atoms with E-state index in [0.29, 0.717) is 6.61 Å². The fourth-order valence-electron chi connectivity index (χ4n) is 0.806. The predicted octanol–water partition coefficient (Wildman–Crippen LogP) is 1.16. The van der Waals surface area contributed by atoms with Gasteiger partial charge in [0.2, 0.25) is 0 Å². The molecule has 0 aromatic carbocycles. The van der Waals surface area contributed by atoms with Gasteiger partial charge in [0, 0.05) is 13.0 Å². The van der Waals surface area contributed by atoms with E-state index in [0.717, 1.165) is 13.0 Å². The number of hydrogen-bond acceptors (Lipinski definition) is 3. The summed E-state index contributed by atoms with van der Waals surface area (Å²) < 4.78 is 20.5. The summed E-state index contributed by atoms with van der Waals surface area (Å²) in [5, 5.41) is 0. The second-order valence-electron chi connectivity index (χ2n) is 2.03. The minimum atomic E-state index is -1.44. The van der Waals surface area contributed by atoms with Crippen LogP contribution in [0.2, 0.25) is 0 Å². The number of rotatable bonds is 2. The Bertz CT molecular complexity index is 109. The Morgan fingerprint density at radius 1 is 1.78 bits per heavy atom. The molecule has 0 bridgehead atoms. The molecule has 0 radical (unpaired) electrons. The lowest BCUT2D eigenvalue weighted by molar-refractivity contribution is 0.147. The topological polar surface area (TPSA) is 35.5 Å². The van der Waals surface area contributed by atoms with Crippen LogP contribution in [0, 0.1) is 0 Å². The van der Waals surface area contributed by atoms with Gasteiger partial charge in [-0.2, -0.15) is 0 Å². The second-order valence-corrected chi connectivity index (χ2v) is 3.12. The SMILES string of the molecule is C[P+](=O)O[C@H]1CCOC1. The molecule has 1 rings (SSSR count). The van der Waals surface area contributed by atoms with Gasteiger partial charge in [-0.05, 0) is 4.57 Å². The molecule has 1 unspecified atom stereocenters. The van der Waals surface area contributed by atoms with E-state index in [9.17, 15) is 4.57 Å². The van der Waals surface area contributed by atoms with Crippen molar-refractivity contribution in [1.29, 1.82) is 0 Å². The van der Waals surface area contributed by atoms with E-state index in [1.807, 2.05) is 0 Å². The van der Waals surface area contributed by atoms with Crippen LogP contribution in [0.5, 0.6) is 0 Å². The molecule has 2 atom stereocenters. The lowest BCUT2D eigenvalue weighted by Gasteiger charge is -1.94. The maximum atomic E-state index is 10.5. The number of ether oxygens (including phenoxy) is 1. The zero-order valence-corrected chi connectivity index (χ0v) is 6.27. The Kier molecular flexibility index (Phi) is 2.58. The van der Waals surface area contributed by atoms with E-state index in [-0.39, 0.29) is 6.10 Å². The third kappa shape index (κ3) is 2.39. The van der Waals surface area contributed by atoms with Crippen molar-refractivity contribution in [2.45, 2.75) is 12.5 Å². The molecule has 1 aliphatic heterocycles. The van der Waals surface area contributed by atoms with E-state index in [1.54, 1.807) is 6.66 Å². The molecule has 3 nitrogen and oxygen atoms in total. The first-order valence-electron chi connectivity index (χ1n) is 2.94. The predicted molar refractivity (Wildman–Crippen MR) is 33.8 cm³/mol. The molecule has 0 aliphatic carbocycles. The highest BCUT2D eigenvalue weighted by molar-refractivity contribution is 7.38. The van der Waals surface area contributed by atoms with Crippen LogP contribution >= 0.6 is 8.03 Å². The van der Waals surface area contributed by atoms with E-state index >= 15 is 0 Å². The highest BCUT2D eigenvalue weighted by Gasteiger charge is 2.23. The summed E-state index contributed by atoms with van der Waals surface area (Å²) in [6.07, 6.45) is 0.966. The van der Waals surface area contributed by atoms with Gasteiger partial charge in [0.25, 0.3) is 0 Å². The summed E-state index contributed by atoms with van der Waals surface area (Å²) in [5.41, 5.74) is 0. The highest BCUT2D eigenvalue weighted by atomic mass is 31.1. The molecule has 0 aromatic heterocycles. The van der Waals surface area contributed by atoms with Gasteiger partial charge in [-0.3, -0.25) is 0 Å². The van der Waals surface area contributed by atoms with Crippen LogP contribution < -0.4 is 0 Å². The van der Waals surface area contributed by atoms with Crippen molar-refractivity contribution in [3.63, 3.8) is 0 Å². The molecule has 0 amide bonds. The van der Waals surface area contributed by atoms with Crippen molar-refractivity contribution in [3.8, 4) is 0 Å². The van der Waals surface area contributed by atoms with Crippen molar-refractivity contribution < 1.29 is 13.8 Å². The Hall–Kier alpha value is 0.0200. The molecule has 0 aromatic rings. The van der Waals surface area contributed by atoms with E-state index in [1.165, 1.54) is 0 Å². The fourth-order valence-corrected chi connectivity index (χ4v) is 1.39. The summed E-state index contributed by atoms with van der Waals surface area (Å²) in [4.78, 5) is 0. The first-order chi connectivity index (χ1) is 4.29. The molecule has 4 heteroatoms. The summed E-state index contributed by atoms with van der Waals surface area (Å²) in [6, 6.07) is 0. The summed E-state index contributed by atoms with van der Waals surface area (Å²) >= 11 is 0. The molecule has 0 saturated carbocycles. The lowest BCUT2D eigenvalue weighted by atomic mass is 10.3. The smallest absolute Gasteiger partial charge is 0.378 e. The lowest BCUT2D eigenvalue weighted by Crippen LogP contribution is -2.06. The molecule has 52 valence electrons. The average Bonchev–Trinajstić information content (AvgIpc) is 2.15. The van der Waals surface area contributed by atoms with Gasteiger partial charge in [-0.15, -0.1) is 4.52 Å². The van der Waals surface area contributed by atoms with Crippen LogP contribution in [0.15, 0.2) is 0 Å². The fraction of sp³-hybridized carbons (Fsp3) is 1.00. The van der Waals surface area contributed by atoms with Gasteiger partial charge in [0.05, 0.1) is 6.61 Å². The third-order valence-corrected chi connectivity index (χ3v) is 1.78. The molecule has 1 aliphatic rings. The van der Waals surface area contributed by atoms with Crippen LogP contribution in [0.4, 0.5) is 0 Å². The van der Waals surface area contributed by atoms with Crippen LogP contribution in [0.25, 0.3) is 0 Å². The molecule has 0 N–H and O–H groups in total. The van der Waals surface area contributed by atoms with Crippen LogP contribution in [-0.2, 0) is 13.8 Å². The third-order valence-electron chi connectivity index (χ3n) is 1.19. The second kappa shape index (κ2) is 3.25. The Morgan fingerprint density at radius 3 is 3.00 bits per heavy atom. The van der Waals surface area contributed by atoms with Gasteiger partial charge in [0.15, 0.2) is 6.66 Å². The van der Waals surface area contributed by atoms with Crippen LogP contribution in [0.1, 0.15) is 6.42 Å². The van der Waals surface area contributed by atoms with Gasteiger partial charge in [0.1, 0.15) is 6.10 Å². The Labute approximate surface area is 55.2 Å². The zero-order valence-electron chi connectivity index (χ0n) is 5.37. The Balaban J connectivity index is 2.19. The van der Waals surface area contributed by atoms with E-state index < -0.39 is 8.03 Å². The molecule has 9 heavy (non-hydrogen) atoms.